The Morgan fingerprint density at radius 2 is 1.96 bits per heavy atom. The van der Waals surface area contributed by atoms with Gasteiger partial charge < -0.3 is 15.2 Å². The lowest BCUT2D eigenvalue weighted by atomic mass is 10.1. The number of carbonyl (C=O) groups is 2. The first-order chi connectivity index (χ1) is 12.5. The van der Waals surface area contributed by atoms with Crippen LogP contribution in [0.25, 0.3) is 5.65 Å². The SMILES string of the molecule is CCc1nc2c(OC)cccn2c1C(=O)NCc1ccc(C(=O)O)cc1. The quantitative estimate of drug-likeness (QED) is 0.710. The van der Waals surface area contributed by atoms with E-state index in [1.165, 1.54) is 12.1 Å². The van der Waals surface area contributed by atoms with Gasteiger partial charge in [0.15, 0.2) is 11.4 Å². The smallest absolute Gasteiger partial charge is 0.335 e. The highest BCUT2D eigenvalue weighted by Gasteiger charge is 2.19. The number of carbonyl (C=O) groups excluding carboxylic acids is 1. The third kappa shape index (κ3) is 3.23. The van der Waals surface area contributed by atoms with Crippen molar-refractivity contribution in [2.24, 2.45) is 0 Å². The van der Waals surface area contributed by atoms with Crippen molar-refractivity contribution in [2.75, 3.05) is 7.11 Å². The molecule has 2 aromatic heterocycles. The zero-order valence-electron chi connectivity index (χ0n) is 14.5. The monoisotopic (exact) mass is 353 g/mol. The topological polar surface area (TPSA) is 92.9 Å². The summed E-state index contributed by atoms with van der Waals surface area (Å²) in [4.78, 5) is 28.2. The summed E-state index contributed by atoms with van der Waals surface area (Å²) in [6, 6.07) is 9.99. The summed E-state index contributed by atoms with van der Waals surface area (Å²) < 4.78 is 7.04. The zero-order valence-corrected chi connectivity index (χ0v) is 14.5. The van der Waals surface area contributed by atoms with Gasteiger partial charge in [0.25, 0.3) is 5.91 Å². The maximum absolute atomic E-state index is 12.7. The fraction of sp³-hybridized carbons (Fsp3) is 0.211. The van der Waals surface area contributed by atoms with Crippen molar-refractivity contribution < 1.29 is 19.4 Å². The van der Waals surface area contributed by atoms with Crippen LogP contribution >= 0.6 is 0 Å². The molecular formula is C19H19N3O4. The summed E-state index contributed by atoms with van der Waals surface area (Å²) in [5.74, 6) is -0.622. The molecule has 0 fully saturated rings. The van der Waals surface area contributed by atoms with Crippen LogP contribution in [0.15, 0.2) is 42.6 Å². The molecule has 0 atom stereocenters. The Bertz CT molecular complexity index is 961. The number of carboxylic acid groups (broad SMARTS) is 1. The van der Waals surface area contributed by atoms with Gasteiger partial charge in [-0.1, -0.05) is 19.1 Å². The highest BCUT2D eigenvalue weighted by molar-refractivity contribution is 5.95. The molecule has 2 heterocycles. The predicted molar refractivity (Wildman–Crippen MR) is 95.7 cm³/mol. The van der Waals surface area contributed by atoms with Gasteiger partial charge in [0, 0.05) is 12.7 Å². The van der Waals surface area contributed by atoms with Gasteiger partial charge in [0.05, 0.1) is 18.4 Å². The molecule has 3 aromatic rings. The molecule has 26 heavy (non-hydrogen) atoms. The number of hydrogen-bond donors (Lipinski definition) is 2. The van der Waals surface area contributed by atoms with E-state index in [4.69, 9.17) is 9.84 Å². The van der Waals surface area contributed by atoms with Crippen molar-refractivity contribution in [2.45, 2.75) is 19.9 Å². The third-order valence-electron chi connectivity index (χ3n) is 4.11. The molecule has 7 heteroatoms. The van der Waals surface area contributed by atoms with E-state index < -0.39 is 5.97 Å². The van der Waals surface area contributed by atoms with Crippen LogP contribution in [0.2, 0.25) is 0 Å². The minimum absolute atomic E-state index is 0.210. The number of aromatic carboxylic acids is 1. The van der Waals surface area contributed by atoms with Crippen molar-refractivity contribution in [1.82, 2.24) is 14.7 Å². The summed E-state index contributed by atoms with van der Waals surface area (Å²) in [5.41, 5.74) is 2.79. The average molecular weight is 353 g/mol. The average Bonchev–Trinajstić information content (AvgIpc) is 3.05. The number of pyridine rings is 1. The van der Waals surface area contributed by atoms with Gasteiger partial charge in [0.2, 0.25) is 0 Å². The lowest BCUT2D eigenvalue weighted by Gasteiger charge is -2.08. The molecule has 0 radical (unpaired) electrons. The van der Waals surface area contributed by atoms with E-state index in [9.17, 15) is 9.59 Å². The molecule has 1 amide bonds. The molecule has 0 saturated heterocycles. The second-order valence-corrected chi connectivity index (χ2v) is 5.72. The normalized spacial score (nSPS) is 10.7. The Labute approximate surface area is 150 Å². The maximum Gasteiger partial charge on any atom is 0.335 e. The molecular weight excluding hydrogens is 334 g/mol. The number of ether oxygens (including phenoxy) is 1. The lowest BCUT2D eigenvalue weighted by molar-refractivity contribution is 0.0696. The summed E-state index contributed by atoms with van der Waals surface area (Å²) in [6.45, 7) is 2.23. The molecule has 7 nitrogen and oxygen atoms in total. The number of carboxylic acids is 1. The van der Waals surface area contributed by atoms with Crippen LogP contribution in [0.5, 0.6) is 5.75 Å². The van der Waals surface area contributed by atoms with Crippen molar-refractivity contribution in [3.63, 3.8) is 0 Å². The largest absolute Gasteiger partial charge is 0.493 e. The molecule has 2 N–H and O–H groups in total. The molecule has 134 valence electrons. The van der Waals surface area contributed by atoms with Gasteiger partial charge >= 0.3 is 5.97 Å². The number of aromatic nitrogens is 2. The lowest BCUT2D eigenvalue weighted by Crippen LogP contribution is -2.25. The standard InChI is InChI=1S/C19H19N3O4/c1-3-14-16(22-10-4-5-15(26-2)17(22)21-14)18(23)20-11-12-6-8-13(9-7-12)19(24)25/h4-10H,3,11H2,1-2H3,(H,20,23)(H,24,25). The minimum Gasteiger partial charge on any atom is -0.493 e. The second kappa shape index (κ2) is 7.26. The van der Waals surface area contributed by atoms with Crippen LogP contribution in [0.3, 0.4) is 0 Å². The molecule has 0 saturated carbocycles. The Kier molecular flexibility index (Phi) is 4.88. The number of imidazole rings is 1. The minimum atomic E-state index is -0.979. The van der Waals surface area contributed by atoms with E-state index in [-0.39, 0.29) is 11.5 Å². The van der Waals surface area contributed by atoms with Crippen LogP contribution in [-0.2, 0) is 13.0 Å². The summed E-state index contributed by atoms with van der Waals surface area (Å²) >= 11 is 0. The van der Waals surface area contributed by atoms with Crippen molar-refractivity contribution in [3.05, 3.63) is 65.1 Å². The van der Waals surface area contributed by atoms with E-state index in [1.807, 2.05) is 6.92 Å². The summed E-state index contributed by atoms with van der Waals surface area (Å²) in [6.07, 6.45) is 2.39. The fourth-order valence-electron chi connectivity index (χ4n) is 2.77. The van der Waals surface area contributed by atoms with Gasteiger partial charge in [-0.2, -0.15) is 0 Å². The molecule has 0 spiro atoms. The number of aryl methyl sites for hydroxylation is 1. The predicted octanol–water partition coefficient (Wildman–Crippen LogP) is 2.53. The van der Waals surface area contributed by atoms with Crippen molar-refractivity contribution >= 4 is 17.5 Å². The number of hydrogen-bond acceptors (Lipinski definition) is 4. The van der Waals surface area contributed by atoms with Gasteiger partial charge in [-0.15, -0.1) is 0 Å². The number of rotatable bonds is 6. The highest BCUT2D eigenvalue weighted by atomic mass is 16.5. The number of fused-ring (bicyclic) bond motifs is 1. The van der Waals surface area contributed by atoms with E-state index in [2.05, 4.69) is 10.3 Å². The molecule has 3 rings (SSSR count). The Morgan fingerprint density at radius 3 is 2.58 bits per heavy atom. The van der Waals surface area contributed by atoms with E-state index in [0.29, 0.717) is 35.8 Å². The Hall–Kier alpha value is -3.35. The zero-order chi connectivity index (χ0) is 18.7. The highest BCUT2D eigenvalue weighted by Crippen LogP contribution is 2.22. The fourth-order valence-corrected chi connectivity index (χ4v) is 2.77. The summed E-state index contributed by atoms with van der Waals surface area (Å²) in [7, 11) is 1.57. The van der Waals surface area contributed by atoms with Crippen LogP contribution in [0.1, 0.15) is 39.0 Å². The maximum atomic E-state index is 12.7. The van der Waals surface area contributed by atoms with Crippen molar-refractivity contribution in [3.8, 4) is 5.75 Å². The molecule has 1 aromatic carbocycles. The number of methoxy groups -OCH3 is 1. The van der Waals surface area contributed by atoms with Gasteiger partial charge in [-0.3, -0.25) is 9.20 Å². The van der Waals surface area contributed by atoms with Crippen LogP contribution in [-0.4, -0.2) is 33.5 Å². The van der Waals surface area contributed by atoms with E-state index in [1.54, 1.807) is 42.0 Å². The number of benzene rings is 1. The first-order valence-corrected chi connectivity index (χ1v) is 8.19. The third-order valence-corrected chi connectivity index (χ3v) is 4.11. The first kappa shape index (κ1) is 17.5. The van der Waals surface area contributed by atoms with Gasteiger partial charge in [0.1, 0.15) is 5.69 Å². The summed E-state index contributed by atoms with van der Waals surface area (Å²) in [5, 5.41) is 11.8. The van der Waals surface area contributed by atoms with E-state index in [0.717, 1.165) is 5.56 Å². The molecule has 0 aliphatic rings. The van der Waals surface area contributed by atoms with Crippen LogP contribution < -0.4 is 10.1 Å². The number of nitrogens with one attached hydrogen (secondary N) is 1. The molecule has 0 unspecified atom stereocenters. The van der Waals surface area contributed by atoms with Crippen LogP contribution in [0, 0.1) is 0 Å². The Balaban J connectivity index is 1.84. The molecule has 0 bridgehead atoms. The first-order valence-electron chi connectivity index (χ1n) is 8.19. The number of amides is 1. The second-order valence-electron chi connectivity index (χ2n) is 5.72. The molecule has 0 aliphatic heterocycles. The molecule has 0 aliphatic carbocycles. The van der Waals surface area contributed by atoms with E-state index >= 15 is 0 Å². The van der Waals surface area contributed by atoms with Gasteiger partial charge in [-0.05, 0) is 36.2 Å². The Morgan fingerprint density at radius 1 is 1.23 bits per heavy atom. The van der Waals surface area contributed by atoms with Crippen LogP contribution in [0.4, 0.5) is 0 Å². The number of nitrogens with zero attached hydrogens (tertiary/aromatic N) is 2. The van der Waals surface area contributed by atoms with Crippen molar-refractivity contribution in [1.29, 1.82) is 0 Å². The van der Waals surface area contributed by atoms with Gasteiger partial charge in [-0.25, -0.2) is 9.78 Å².